The maximum absolute atomic E-state index is 12.3. The molecular formula is C17H9F3O3. The molecule has 0 aliphatic heterocycles. The van der Waals surface area contributed by atoms with Crippen LogP contribution in [0.4, 0.5) is 13.2 Å². The van der Waals surface area contributed by atoms with Gasteiger partial charge in [0.1, 0.15) is 0 Å². The van der Waals surface area contributed by atoms with Gasteiger partial charge in [-0.1, -0.05) is 36.4 Å². The predicted octanol–water partition coefficient (Wildman–Crippen LogP) is 3.60. The zero-order valence-corrected chi connectivity index (χ0v) is 11.6. The molecule has 3 nitrogen and oxygen atoms in total. The van der Waals surface area contributed by atoms with Crippen molar-refractivity contribution in [3.05, 3.63) is 59.2 Å². The Labute approximate surface area is 128 Å². The van der Waals surface area contributed by atoms with Crippen molar-refractivity contribution < 1.29 is 27.6 Å². The van der Waals surface area contributed by atoms with Crippen molar-refractivity contribution in [2.24, 2.45) is 0 Å². The van der Waals surface area contributed by atoms with E-state index in [2.05, 4.69) is 0 Å². The monoisotopic (exact) mass is 318 g/mol. The third kappa shape index (κ3) is 2.56. The lowest BCUT2D eigenvalue weighted by Crippen LogP contribution is -2.25. The van der Waals surface area contributed by atoms with Gasteiger partial charge >= 0.3 is 6.18 Å². The summed E-state index contributed by atoms with van der Waals surface area (Å²) in [6, 6.07) is 11.0. The van der Waals surface area contributed by atoms with Gasteiger partial charge in [-0.25, -0.2) is 0 Å². The highest BCUT2D eigenvalue weighted by molar-refractivity contribution is 6.22. The first kappa shape index (κ1) is 15.1. The Morgan fingerprint density at radius 3 is 2.13 bits per heavy atom. The average Bonchev–Trinajstić information content (AvgIpc) is 2.79. The molecule has 23 heavy (non-hydrogen) atoms. The summed E-state index contributed by atoms with van der Waals surface area (Å²) in [5.41, 5.74) is 2.01. The number of carbonyl (C=O) groups is 3. The van der Waals surface area contributed by atoms with Gasteiger partial charge in [0.25, 0.3) is 0 Å². The number of carbonyl (C=O) groups excluding carboxylic acids is 3. The fourth-order valence-corrected chi connectivity index (χ4v) is 2.55. The van der Waals surface area contributed by atoms with Crippen molar-refractivity contribution in [2.45, 2.75) is 12.6 Å². The summed E-state index contributed by atoms with van der Waals surface area (Å²) in [5, 5.41) is 0. The number of alkyl halides is 3. The minimum absolute atomic E-state index is 0.0810. The molecule has 0 atom stereocenters. The van der Waals surface area contributed by atoms with E-state index in [-0.39, 0.29) is 16.9 Å². The van der Waals surface area contributed by atoms with Crippen molar-refractivity contribution in [1.29, 1.82) is 0 Å². The van der Waals surface area contributed by atoms with E-state index in [1.807, 2.05) is 0 Å². The summed E-state index contributed by atoms with van der Waals surface area (Å²) in [7, 11) is 0. The van der Waals surface area contributed by atoms with Crippen molar-refractivity contribution in [3.63, 3.8) is 0 Å². The average molecular weight is 318 g/mol. The van der Waals surface area contributed by atoms with Crippen LogP contribution in [-0.2, 0) is 4.79 Å². The standard InChI is InChI=1S/C17H9F3O3/c18-17(19,20)15(22)8-14(21)9-5-6-11-10-3-1-2-4-12(10)16(23)13(11)7-9/h1-7H,8H2. The summed E-state index contributed by atoms with van der Waals surface area (Å²) in [5.74, 6) is -3.34. The number of rotatable bonds is 3. The number of hydrogen-bond donors (Lipinski definition) is 0. The zero-order chi connectivity index (χ0) is 16.8. The molecule has 1 aliphatic carbocycles. The normalized spacial score (nSPS) is 12.7. The van der Waals surface area contributed by atoms with Gasteiger partial charge in [-0.15, -0.1) is 0 Å². The van der Waals surface area contributed by atoms with Crippen LogP contribution in [0.5, 0.6) is 0 Å². The van der Waals surface area contributed by atoms with Crippen LogP contribution in [0.3, 0.4) is 0 Å². The fourth-order valence-electron chi connectivity index (χ4n) is 2.55. The van der Waals surface area contributed by atoms with Crippen LogP contribution in [0, 0.1) is 0 Å². The molecule has 0 aromatic heterocycles. The molecule has 0 N–H and O–H groups in total. The Kier molecular flexibility index (Phi) is 3.39. The molecule has 0 saturated carbocycles. The highest BCUT2D eigenvalue weighted by atomic mass is 19.4. The van der Waals surface area contributed by atoms with Crippen LogP contribution >= 0.6 is 0 Å². The molecule has 2 aromatic carbocycles. The summed E-state index contributed by atoms with van der Waals surface area (Å²) < 4.78 is 36.7. The van der Waals surface area contributed by atoms with Gasteiger partial charge in [-0.2, -0.15) is 13.2 Å². The number of benzene rings is 2. The molecule has 1 aliphatic rings. The Hall–Kier alpha value is -2.76. The van der Waals surface area contributed by atoms with Crippen LogP contribution in [0.2, 0.25) is 0 Å². The molecule has 116 valence electrons. The molecule has 6 heteroatoms. The van der Waals surface area contributed by atoms with Gasteiger partial charge in [0, 0.05) is 16.7 Å². The maximum Gasteiger partial charge on any atom is 0.450 e. The molecule has 0 spiro atoms. The van der Waals surface area contributed by atoms with Gasteiger partial charge in [0.2, 0.25) is 5.78 Å². The number of ketones is 3. The topological polar surface area (TPSA) is 51.2 Å². The molecule has 0 bridgehead atoms. The zero-order valence-electron chi connectivity index (χ0n) is 11.6. The second-order valence-electron chi connectivity index (χ2n) is 5.16. The molecular weight excluding hydrogens is 309 g/mol. The molecule has 0 fully saturated rings. The summed E-state index contributed by atoms with van der Waals surface area (Å²) in [6.07, 6.45) is -6.30. The smallest absolute Gasteiger partial charge is 0.294 e. The highest BCUT2D eigenvalue weighted by Crippen LogP contribution is 2.36. The van der Waals surface area contributed by atoms with Gasteiger partial charge in [0.15, 0.2) is 11.6 Å². The van der Waals surface area contributed by atoms with E-state index < -0.39 is 24.2 Å². The van der Waals surface area contributed by atoms with E-state index in [1.54, 1.807) is 24.3 Å². The lowest BCUT2D eigenvalue weighted by molar-refractivity contribution is -0.170. The van der Waals surface area contributed by atoms with E-state index in [0.717, 1.165) is 5.56 Å². The summed E-state index contributed by atoms with van der Waals surface area (Å²) in [4.78, 5) is 35.0. The number of hydrogen-bond acceptors (Lipinski definition) is 3. The predicted molar refractivity (Wildman–Crippen MR) is 75.3 cm³/mol. The minimum Gasteiger partial charge on any atom is -0.294 e. The number of fused-ring (bicyclic) bond motifs is 3. The largest absolute Gasteiger partial charge is 0.450 e. The lowest BCUT2D eigenvalue weighted by atomic mass is 9.99. The molecule has 0 heterocycles. The first-order chi connectivity index (χ1) is 10.8. The van der Waals surface area contributed by atoms with E-state index in [0.29, 0.717) is 11.1 Å². The summed E-state index contributed by atoms with van der Waals surface area (Å²) in [6.45, 7) is 0. The van der Waals surface area contributed by atoms with Gasteiger partial charge in [-0.05, 0) is 17.2 Å². The van der Waals surface area contributed by atoms with Crippen molar-refractivity contribution in [3.8, 4) is 11.1 Å². The van der Waals surface area contributed by atoms with Crippen LogP contribution in [0.15, 0.2) is 42.5 Å². The van der Waals surface area contributed by atoms with Crippen molar-refractivity contribution >= 4 is 17.3 Å². The Morgan fingerprint density at radius 2 is 1.48 bits per heavy atom. The molecule has 0 radical (unpaired) electrons. The van der Waals surface area contributed by atoms with Crippen LogP contribution < -0.4 is 0 Å². The lowest BCUT2D eigenvalue weighted by Gasteiger charge is -2.06. The molecule has 0 saturated heterocycles. The maximum atomic E-state index is 12.3. The third-order valence-electron chi connectivity index (χ3n) is 3.69. The Morgan fingerprint density at radius 1 is 0.870 bits per heavy atom. The Bertz CT molecular complexity index is 850. The minimum atomic E-state index is -5.04. The van der Waals surface area contributed by atoms with Crippen molar-refractivity contribution in [1.82, 2.24) is 0 Å². The third-order valence-corrected chi connectivity index (χ3v) is 3.69. The van der Waals surface area contributed by atoms with E-state index in [4.69, 9.17) is 0 Å². The molecule has 0 unspecified atom stereocenters. The SMILES string of the molecule is O=C(CC(=O)C(F)(F)F)c1ccc2c(c1)C(=O)c1ccccc1-2. The first-order valence-corrected chi connectivity index (χ1v) is 6.70. The second kappa shape index (κ2) is 5.15. The van der Waals surface area contributed by atoms with Crippen LogP contribution in [0.25, 0.3) is 11.1 Å². The Balaban J connectivity index is 1.93. The molecule has 2 aromatic rings. The van der Waals surface area contributed by atoms with Crippen molar-refractivity contribution in [2.75, 3.05) is 0 Å². The number of Topliss-reactive ketones (excluding diaryl/α,β-unsaturated/α-hetero) is 2. The van der Waals surface area contributed by atoms with Gasteiger partial charge in [-0.3, -0.25) is 14.4 Å². The van der Waals surface area contributed by atoms with E-state index in [1.165, 1.54) is 18.2 Å². The van der Waals surface area contributed by atoms with E-state index >= 15 is 0 Å². The second-order valence-corrected chi connectivity index (χ2v) is 5.16. The molecule has 3 rings (SSSR count). The first-order valence-electron chi connectivity index (χ1n) is 6.70. The van der Waals surface area contributed by atoms with Crippen LogP contribution in [0.1, 0.15) is 32.7 Å². The van der Waals surface area contributed by atoms with Gasteiger partial charge < -0.3 is 0 Å². The quantitative estimate of drug-likeness (QED) is 0.547. The molecule has 0 amide bonds. The summed E-state index contributed by atoms with van der Waals surface area (Å²) >= 11 is 0. The van der Waals surface area contributed by atoms with E-state index in [9.17, 15) is 27.6 Å². The fraction of sp³-hybridized carbons (Fsp3) is 0.118. The van der Waals surface area contributed by atoms with Gasteiger partial charge in [0.05, 0.1) is 6.42 Å². The highest BCUT2D eigenvalue weighted by Gasteiger charge is 2.39. The number of halogens is 3. The van der Waals surface area contributed by atoms with Crippen LogP contribution in [-0.4, -0.2) is 23.5 Å².